The van der Waals surface area contributed by atoms with Crippen molar-refractivity contribution in [3.8, 4) is 5.75 Å². The van der Waals surface area contributed by atoms with E-state index in [0.29, 0.717) is 33.3 Å². The third kappa shape index (κ3) is 6.62. The van der Waals surface area contributed by atoms with Crippen molar-refractivity contribution in [1.82, 2.24) is 15.6 Å². The number of anilines is 2. The number of para-hydroxylation sites is 1. The number of ether oxygens (including phenoxy) is 1. The quantitative estimate of drug-likeness (QED) is 0.252. The molecule has 11 heteroatoms. The standard InChI is InChI=1S/C29H27Cl2N5O4/c1-17-10-11-18-6-5-9-24(27(18)34-17)40-16-21-22(30)12-13-23(26(21)31)36(3)25(37)15-33-29(39)35-20-8-4-7-19(14-20)28(38)32-2/h4-14H,15-16H2,1-3H3,(H,32,38)(H2,33,35,39). The van der Waals surface area contributed by atoms with Crippen molar-refractivity contribution in [2.24, 2.45) is 0 Å². The Labute approximate surface area is 241 Å². The summed E-state index contributed by atoms with van der Waals surface area (Å²) in [5.41, 5.74) is 3.29. The Morgan fingerprint density at radius 2 is 1.77 bits per heavy atom. The first-order valence-corrected chi connectivity index (χ1v) is 13.0. The highest BCUT2D eigenvalue weighted by molar-refractivity contribution is 6.38. The van der Waals surface area contributed by atoms with E-state index in [1.54, 1.807) is 37.4 Å². The van der Waals surface area contributed by atoms with Crippen LogP contribution in [0.25, 0.3) is 10.9 Å². The predicted molar refractivity (Wildman–Crippen MR) is 158 cm³/mol. The van der Waals surface area contributed by atoms with Crippen LogP contribution in [-0.2, 0) is 11.4 Å². The molecule has 0 saturated carbocycles. The molecule has 0 aliphatic heterocycles. The normalized spacial score (nSPS) is 10.6. The second-order valence-electron chi connectivity index (χ2n) is 8.85. The lowest BCUT2D eigenvalue weighted by Crippen LogP contribution is -2.40. The minimum Gasteiger partial charge on any atom is -0.487 e. The zero-order valence-electron chi connectivity index (χ0n) is 22.0. The molecule has 1 aromatic heterocycles. The zero-order valence-corrected chi connectivity index (χ0v) is 23.6. The van der Waals surface area contributed by atoms with E-state index in [1.807, 2.05) is 37.3 Å². The zero-order chi connectivity index (χ0) is 28.8. The number of likely N-dealkylation sites (N-methyl/N-ethyl adjacent to an activating group) is 1. The highest BCUT2D eigenvalue weighted by atomic mass is 35.5. The minimum absolute atomic E-state index is 0.0536. The maximum Gasteiger partial charge on any atom is 0.319 e. The Morgan fingerprint density at radius 3 is 2.55 bits per heavy atom. The second-order valence-corrected chi connectivity index (χ2v) is 9.63. The molecule has 4 rings (SSSR count). The highest BCUT2D eigenvalue weighted by Gasteiger charge is 2.20. The molecule has 0 bridgehead atoms. The summed E-state index contributed by atoms with van der Waals surface area (Å²) < 4.78 is 6.06. The SMILES string of the molecule is CNC(=O)c1cccc(NC(=O)NCC(=O)N(C)c2ccc(Cl)c(COc3cccc4ccc(C)nc34)c2Cl)c1. The summed E-state index contributed by atoms with van der Waals surface area (Å²) in [4.78, 5) is 43.0. The Hall–Kier alpha value is -4.34. The molecule has 206 valence electrons. The van der Waals surface area contributed by atoms with E-state index >= 15 is 0 Å². The second kappa shape index (κ2) is 12.7. The Kier molecular flexibility index (Phi) is 9.08. The van der Waals surface area contributed by atoms with Gasteiger partial charge in [0.1, 0.15) is 17.9 Å². The fourth-order valence-electron chi connectivity index (χ4n) is 3.93. The predicted octanol–water partition coefficient (Wildman–Crippen LogP) is 5.57. The first-order valence-electron chi connectivity index (χ1n) is 12.3. The first kappa shape index (κ1) is 28.7. The Balaban J connectivity index is 1.41. The van der Waals surface area contributed by atoms with Gasteiger partial charge in [-0.3, -0.25) is 9.59 Å². The van der Waals surface area contributed by atoms with E-state index in [2.05, 4.69) is 20.9 Å². The van der Waals surface area contributed by atoms with Gasteiger partial charge in [0.15, 0.2) is 0 Å². The average Bonchev–Trinajstić information content (AvgIpc) is 2.95. The lowest BCUT2D eigenvalue weighted by molar-refractivity contribution is -0.117. The smallest absolute Gasteiger partial charge is 0.319 e. The average molecular weight is 580 g/mol. The van der Waals surface area contributed by atoms with Crippen molar-refractivity contribution >= 4 is 63.3 Å². The number of halogens is 2. The molecular weight excluding hydrogens is 553 g/mol. The molecule has 3 N–H and O–H groups in total. The van der Waals surface area contributed by atoms with Crippen molar-refractivity contribution in [1.29, 1.82) is 0 Å². The van der Waals surface area contributed by atoms with Crippen molar-refractivity contribution in [3.63, 3.8) is 0 Å². The molecule has 0 radical (unpaired) electrons. The number of aromatic nitrogens is 1. The van der Waals surface area contributed by atoms with Gasteiger partial charge in [0.05, 0.1) is 17.3 Å². The van der Waals surface area contributed by atoms with Gasteiger partial charge in [-0.25, -0.2) is 9.78 Å². The van der Waals surface area contributed by atoms with E-state index < -0.39 is 11.9 Å². The molecule has 0 saturated heterocycles. The van der Waals surface area contributed by atoms with Gasteiger partial charge in [0.2, 0.25) is 5.91 Å². The fraction of sp³-hybridized carbons (Fsp3) is 0.172. The van der Waals surface area contributed by atoms with Gasteiger partial charge >= 0.3 is 6.03 Å². The van der Waals surface area contributed by atoms with Crippen LogP contribution in [0, 0.1) is 6.92 Å². The summed E-state index contributed by atoms with van der Waals surface area (Å²) in [6.07, 6.45) is 0. The molecule has 0 unspecified atom stereocenters. The molecular formula is C29H27Cl2N5O4. The number of fused-ring (bicyclic) bond motifs is 1. The molecule has 4 amide bonds. The molecule has 1 heterocycles. The summed E-state index contributed by atoms with van der Waals surface area (Å²) in [7, 11) is 3.06. The van der Waals surface area contributed by atoms with Gasteiger partial charge in [-0.15, -0.1) is 0 Å². The number of hydrogen-bond donors (Lipinski definition) is 3. The summed E-state index contributed by atoms with van der Waals surface area (Å²) in [5, 5.41) is 9.22. The number of benzene rings is 3. The lowest BCUT2D eigenvalue weighted by Gasteiger charge is -2.21. The monoisotopic (exact) mass is 579 g/mol. The van der Waals surface area contributed by atoms with Crippen molar-refractivity contribution in [2.45, 2.75) is 13.5 Å². The van der Waals surface area contributed by atoms with Crippen molar-refractivity contribution < 1.29 is 19.1 Å². The molecule has 0 spiro atoms. The van der Waals surface area contributed by atoms with Crippen molar-refractivity contribution in [2.75, 3.05) is 30.9 Å². The van der Waals surface area contributed by atoms with Crippen LogP contribution in [0.4, 0.5) is 16.2 Å². The minimum atomic E-state index is -0.606. The van der Waals surface area contributed by atoms with Crippen LogP contribution in [0.3, 0.4) is 0 Å². The van der Waals surface area contributed by atoms with Crippen LogP contribution in [0.2, 0.25) is 10.0 Å². The molecule has 0 aliphatic carbocycles. The fourth-order valence-corrected chi connectivity index (χ4v) is 4.53. The number of rotatable bonds is 8. The van der Waals surface area contributed by atoms with Crippen LogP contribution in [0.1, 0.15) is 21.6 Å². The molecule has 40 heavy (non-hydrogen) atoms. The molecule has 0 atom stereocenters. The summed E-state index contributed by atoms with van der Waals surface area (Å²) in [6.45, 7) is 1.66. The summed E-state index contributed by atoms with van der Waals surface area (Å²) in [6, 6.07) is 18.6. The Bertz CT molecular complexity index is 1590. The number of carbonyl (C=O) groups is 3. The maximum absolute atomic E-state index is 12.9. The number of nitrogens with zero attached hydrogens (tertiary/aromatic N) is 2. The van der Waals surface area contributed by atoms with Crippen LogP contribution in [-0.4, -0.2) is 43.5 Å². The summed E-state index contributed by atoms with van der Waals surface area (Å²) in [5.74, 6) is -0.118. The van der Waals surface area contributed by atoms with E-state index in [1.165, 1.54) is 18.0 Å². The van der Waals surface area contributed by atoms with Crippen LogP contribution in [0.5, 0.6) is 5.75 Å². The Morgan fingerprint density at radius 1 is 1.00 bits per heavy atom. The van der Waals surface area contributed by atoms with Gasteiger partial charge in [0, 0.05) is 47.0 Å². The van der Waals surface area contributed by atoms with Gasteiger partial charge in [0.25, 0.3) is 5.91 Å². The third-order valence-corrected chi connectivity index (χ3v) is 6.88. The topological polar surface area (TPSA) is 113 Å². The molecule has 9 nitrogen and oxygen atoms in total. The van der Waals surface area contributed by atoms with E-state index in [4.69, 9.17) is 27.9 Å². The van der Waals surface area contributed by atoms with E-state index in [0.717, 1.165) is 16.6 Å². The van der Waals surface area contributed by atoms with Crippen LogP contribution in [0.15, 0.2) is 66.7 Å². The molecule has 0 aliphatic rings. The molecule has 3 aromatic carbocycles. The van der Waals surface area contributed by atoms with Crippen LogP contribution < -0.4 is 25.6 Å². The highest BCUT2D eigenvalue weighted by Crippen LogP contribution is 2.35. The molecule has 0 fully saturated rings. The number of nitrogens with one attached hydrogen (secondary N) is 3. The number of urea groups is 1. The van der Waals surface area contributed by atoms with Crippen molar-refractivity contribution in [3.05, 3.63) is 93.6 Å². The largest absolute Gasteiger partial charge is 0.487 e. The van der Waals surface area contributed by atoms with Crippen LogP contribution >= 0.6 is 23.2 Å². The lowest BCUT2D eigenvalue weighted by atomic mass is 10.1. The maximum atomic E-state index is 12.9. The number of hydrogen-bond acceptors (Lipinski definition) is 5. The van der Waals surface area contributed by atoms with E-state index in [9.17, 15) is 14.4 Å². The number of carbonyl (C=O) groups excluding carboxylic acids is 3. The number of aryl methyl sites for hydroxylation is 1. The van der Waals surface area contributed by atoms with Gasteiger partial charge in [-0.05, 0) is 49.4 Å². The van der Waals surface area contributed by atoms with Gasteiger partial charge in [-0.1, -0.05) is 47.5 Å². The third-order valence-electron chi connectivity index (χ3n) is 6.11. The van der Waals surface area contributed by atoms with Gasteiger partial charge in [-0.2, -0.15) is 0 Å². The van der Waals surface area contributed by atoms with E-state index in [-0.39, 0.29) is 24.1 Å². The molecule has 4 aromatic rings. The number of amides is 4. The first-order chi connectivity index (χ1) is 19.2. The van der Waals surface area contributed by atoms with Gasteiger partial charge < -0.3 is 25.6 Å². The summed E-state index contributed by atoms with van der Waals surface area (Å²) >= 11 is 13.1. The number of pyridine rings is 1.